The highest BCUT2D eigenvalue weighted by Crippen LogP contribution is 2.17. The van der Waals surface area contributed by atoms with Crippen LogP contribution in [0.15, 0.2) is 0 Å². The van der Waals surface area contributed by atoms with E-state index in [0.717, 1.165) is 38.5 Å². The average Bonchev–Trinajstić information content (AvgIpc) is 2.30. The lowest BCUT2D eigenvalue weighted by Crippen LogP contribution is -2.36. The van der Waals surface area contributed by atoms with Gasteiger partial charge in [0.25, 0.3) is 0 Å². The molecule has 2 fully saturated rings. The van der Waals surface area contributed by atoms with E-state index in [2.05, 4.69) is 11.8 Å². The van der Waals surface area contributed by atoms with Crippen LogP contribution in [0.25, 0.3) is 0 Å². The van der Waals surface area contributed by atoms with Gasteiger partial charge in [-0.15, -0.1) is 0 Å². The summed E-state index contributed by atoms with van der Waals surface area (Å²) in [5.41, 5.74) is 0. The van der Waals surface area contributed by atoms with Crippen molar-refractivity contribution in [3.05, 3.63) is 0 Å². The fraction of sp³-hybridized carbons (Fsp3) is 1.00. The van der Waals surface area contributed by atoms with Gasteiger partial charge in [0.2, 0.25) is 0 Å². The normalized spacial score (nSPS) is 27.0. The topological polar surface area (TPSA) is 21.7 Å². The Balaban J connectivity index is 1.60. The van der Waals surface area contributed by atoms with Gasteiger partial charge in [0, 0.05) is 13.0 Å². The van der Waals surface area contributed by atoms with Crippen molar-refractivity contribution in [1.29, 1.82) is 0 Å². The zero-order valence-corrected chi connectivity index (χ0v) is 9.78. The van der Waals surface area contributed by atoms with Crippen molar-refractivity contribution in [3.8, 4) is 0 Å². The Kier molecular flexibility index (Phi) is 4.42. The molecule has 0 aromatic rings. The second-order valence-electron chi connectivity index (χ2n) is 4.84. The molecule has 15 heavy (non-hydrogen) atoms. The quantitative estimate of drug-likeness (QED) is 0.714. The Labute approximate surface area is 92.7 Å². The fourth-order valence-corrected chi connectivity index (χ4v) is 2.28. The molecular weight excluding hydrogens is 190 g/mol. The number of rotatable bonds is 3. The largest absolute Gasteiger partial charge is 0.353 e. The van der Waals surface area contributed by atoms with Crippen LogP contribution in [0, 0.1) is 5.92 Å². The van der Waals surface area contributed by atoms with Crippen LogP contribution in [-0.2, 0) is 9.47 Å². The maximum absolute atomic E-state index is 5.54. The van der Waals surface area contributed by atoms with Crippen LogP contribution in [-0.4, -0.2) is 44.0 Å². The molecule has 0 aromatic heterocycles. The fourth-order valence-electron chi connectivity index (χ4n) is 2.28. The third-order valence-electron chi connectivity index (χ3n) is 3.45. The minimum atomic E-state index is 0.0677. The molecule has 0 unspecified atom stereocenters. The molecule has 0 N–H and O–H groups in total. The first-order chi connectivity index (χ1) is 7.34. The van der Waals surface area contributed by atoms with Crippen LogP contribution in [0.5, 0.6) is 0 Å². The Bertz CT molecular complexity index is 172. The highest BCUT2D eigenvalue weighted by molar-refractivity contribution is 4.69. The lowest BCUT2D eigenvalue weighted by Gasteiger charge is -2.32. The van der Waals surface area contributed by atoms with E-state index in [1.807, 2.05) is 0 Å². The van der Waals surface area contributed by atoms with Gasteiger partial charge in [-0.05, 0) is 38.3 Å². The molecule has 0 aromatic carbocycles. The molecule has 2 heterocycles. The van der Waals surface area contributed by atoms with Crippen LogP contribution in [0.3, 0.4) is 0 Å². The van der Waals surface area contributed by atoms with Crippen molar-refractivity contribution in [2.24, 2.45) is 5.92 Å². The summed E-state index contributed by atoms with van der Waals surface area (Å²) >= 11 is 0. The first kappa shape index (κ1) is 11.4. The van der Waals surface area contributed by atoms with Gasteiger partial charge >= 0.3 is 0 Å². The van der Waals surface area contributed by atoms with E-state index in [-0.39, 0.29) is 6.29 Å². The molecule has 0 spiro atoms. The standard InChI is InChI=1S/C12H23NO2/c1-11-3-6-13(7-4-11)8-5-12-14-9-2-10-15-12/h11-12H,2-10H2,1H3. The molecule has 88 valence electrons. The number of hydrogen-bond donors (Lipinski definition) is 0. The van der Waals surface area contributed by atoms with E-state index < -0.39 is 0 Å². The van der Waals surface area contributed by atoms with Crippen molar-refractivity contribution in [2.75, 3.05) is 32.8 Å². The third-order valence-corrected chi connectivity index (χ3v) is 3.45. The molecular formula is C12H23NO2. The second kappa shape index (κ2) is 5.83. The van der Waals surface area contributed by atoms with Gasteiger partial charge in [0.15, 0.2) is 6.29 Å². The van der Waals surface area contributed by atoms with E-state index >= 15 is 0 Å². The zero-order valence-electron chi connectivity index (χ0n) is 9.78. The van der Waals surface area contributed by atoms with Crippen molar-refractivity contribution >= 4 is 0 Å². The molecule has 0 bridgehead atoms. The summed E-state index contributed by atoms with van der Waals surface area (Å²) in [5.74, 6) is 0.920. The lowest BCUT2D eigenvalue weighted by atomic mass is 9.99. The molecule has 3 heteroatoms. The smallest absolute Gasteiger partial charge is 0.158 e. The van der Waals surface area contributed by atoms with Crippen molar-refractivity contribution in [3.63, 3.8) is 0 Å². The predicted molar refractivity (Wildman–Crippen MR) is 59.8 cm³/mol. The van der Waals surface area contributed by atoms with E-state index in [1.54, 1.807) is 0 Å². The van der Waals surface area contributed by atoms with Gasteiger partial charge in [0.1, 0.15) is 0 Å². The van der Waals surface area contributed by atoms with E-state index in [0.29, 0.717) is 0 Å². The monoisotopic (exact) mass is 213 g/mol. The van der Waals surface area contributed by atoms with E-state index in [1.165, 1.54) is 25.9 Å². The summed E-state index contributed by atoms with van der Waals surface area (Å²) in [7, 11) is 0. The summed E-state index contributed by atoms with van der Waals surface area (Å²) in [6.07, 6.45) is 4.86. The highest BCUT2D eigenvalue weighted by Gasteiger charge is 2.18. The Morgan fingerprint density at radius 1 is 1.13 bits per heavy atom. The van der Waals surface area contributed by atoms with Crippen molar-refractivity contribution in [2.45, 2.75) is 38.9 Å². The molecule has 0 aliphatic carbocycles. The van der Waals surface area contributed by atoms with E-state index in [4.69, 9.17) is 9.47 Å². The summed E-state index contributed by atoms with van der Waals surface area (Å²) in [6, 6.07) is 0. The summed E-state index contributed by atoms with van der Waals surface area (Å²) in [6.45, 7) is 7.76. The zero-order chi connectivity index (χ0) is 10.5. The Morgan fingerprint density at radius 3 is 2.47 bits per heavy atom. The average molecular weight is 213 g/mol. The third kappa shape index (κ3) is 3.74. The van der Waals surface area contributed by atoms with Gasteiger partial charge in [0.05, 0.1) is 13.2 Å². The molecule has 2 aliphatic heterocycles. The Morgan fingerprint density at radius 2 is 1.80 bits per heavy atom. The predicted octanol–water partition coefficient (Wildman–Crippen LogP) is 1.87. The number of piperidine rings is 1. The molecule has 2 aliphatic rings. The highest BCUT2D eigenvalue weighted by atomic mass is 16.7. The molecule has 2 rings (SSSR count). The van der Waals surface area contributed by atoms with Crippen LogP contribution < -0.4 is 0 Å². The molecule has 0 radical (unpaired) electrons. The van der Waals surface area contributed by atoms with Crippen molar-refractivity contribution in [1.82, 2.24) is 4.90 Å². The number of likely N-dealkylation sites (tertiary alicyclic amines) is 1. The molecule has 2 saturated heterocycles. The first-order valence-corrected chi connectivity index (χ1v) is 6.30. The number of hydrogen-bond acceptors (Lipinski definition) is 3. The maximum Gasteiger partial charge on any atom is 0.158 e. The van der Waals surface area contributed by atoms with Crippen molar-refractivity contribution < 1.29 is 9.47 Å². The van der Waals surface area contributed by atoms with Gasteiger partial charge in [-0.3, -0.25) is 0 Å². The van der Waals surface area contributed by atoms with Crippen LogP contribution in [0.2, 0.25) is 0 Å². The minimum Gasteiger partial charge on any atom is -0.353 e. The van der Waals surface area contributed by atoms with Gasteiger partial charge in [-0.25, -0.2) is 0 Å². The molecule has 0 saturated carbocycles. The lowest BCUT2D eigenvalue weighted by molar-refractivity contribution is -0.182. The van der Waals surface area contributed by atoms with Gasteiger partial charge < -0.3 is 14.4 Å². The number of ether oxygens (including phenoxy) is 2. The first-order valence-electron chi connectivity index (χ1n) is 6.30. The Hall–Kier alpha value is -0.120. The molecule has 3 nitrogen and oxygen atoms in total. The van der Waals surface area contributed by atoms with E-state index in [9.17, 15) is 0 Å². The molecule has 0 amide bonds. The van der Waals surface area contributed by atoms with Gasteiger partial charge in [-0.2, -0.15) is 0 Å². The SMILES string of the molecule is CC1CCN(CCC2OCCCO2)CC1. The van der Waals surface area contributed by atoms with Crippen LogP contribution >= 0.6 is 0 Å². The molecule has 0 atom stereocenters. The minimum absolute atomic E-state index is 0.0677. The summed E-state index contributed by atoms with van der Waals surface area (Å²) in [4.78, 5) is 2.54. The number of nitrogens with zero attached hydrogens (tertiary/aromatic N) is 1. The summed E-state index contributed by atoms with van der Waals surface area (Å²) in [5, 5.41) is 0. The van der Waals surface area contributed by atoms with Crippen LogP contribution in [0.1, 0.15) is 32.6 Å². The van der Waals surface area contributed by atoms with Gasteiger partial charge in [-0.1, -0.05) is 6.92 Å². The second-order valence-corrected chi connectivity index (χ2v) is 4.84. The summed E-state index contributed by atoms with van der Waals surface area (Å²) < 4.78 is 11.1. The van der Waals surface area contributed by atoms with Crippen LogP contribution in [0.4, 0.5) is 0 Å². The maximum atomic E-state index is 5.54.